The molecule has 0 atom stereocenters. The van der Waals surface area contributed by atoms with Gasteiger partial charge in [-0.25, -0.2) is 4.39 Å². The Morgan fingerprint density at radius 2 is 2.00 bits per heavy atom. The van der Waals surface area contributed by atoms with Gasteiger partial charge in [0.2, 0.25) is 0 Å². The second-order valence-corrected chi connectivity index (χ2v) is 6.71. The van der Waals surface area contributed by atoms with Crippen molar-refractivity contribution >= 4 is 11.6 Å². The Bertz CT molecular complexity index is 450. The number of hydrogen-bond donors (Lipinski definition) is 1. The predicted molar refractivity (Wildman–Crippen MR) is 77.0 cm³/mol. The molecular weight excluding hydrogens is 261 g/mol. The Kier molecular flexibility index (Phi) is 3.81. The first-order valence-electron chi connectivity index (χ1n) is 7.34. The lowest BCUT2D eigenvalue weighted by atomic mass is 9.79. The number of halogens is 2. The lowest BCUT2D eigenvalue weighted by molar-refractivity contribution is 0.273. The van der Waals surface area contributed by atoms with Crippen LogP contribution in [0.1, 0.15) is 44.1 Å². The van der Waals surface area contributed by atoms with Crippen molar-refractivity contribution in [1.82, 2.24) is 5.32 Å². The minimum atomic E-state index is -0.148. The summed E-state index contributed by atoms with van der Waals surface area (Å²) in [6.07, 6.45) is 8.46. The second-order valence-electron chi connectivity index (χ2n) is 6.27. The number of nitrogens with one attached hydrogen (secondary N) is 1. The highest BCUT2D eigenvalue weighted by atomic mass is 35.5. The number of rotatable bonds is 5. The molecule has 1 aromatic rings. The maximum Gasteiger partial charge on any atom is 0.127 e. The van der Waals surface area contributed by atoms with E-state index in [1.165, 1.54) is 44.6 Å². The van der Waals surface area contributed by atoms with Crippen molar-refractivity contribution in [3.05, 3.63) is 34.6 Å². The van der Waals surface area contributed by atoms with Gasteiger partial charge in [0.15, 0.2) is 0 Å². The molecule has 2 aliphatic carbocycles. The summed E-state index contributed by atoms with van der Waals surface area (Å²) in [5.74, 6) is -0.148. The first-order valence-corrected chi connectivity index (χ1v) is 7.72. The molecule has 3 heteroatoms. The number of benzene rings is 1. The molecule has 19 heavy (non-hydrogen) atoms. The highest BCUT2D eigenvalue weighted by molar-refractivity contribution is 6.30. The smallest absolute Gasteiger partial charge is 0.127 e. The second kappa shape index (κ2) is 5.41. The summed E-state index contributed by atoms with van der Waals surface area (Å²) >= 11 is 5.83. The molecule has 1 N–H and O–H groups in total. The molecule has 2 aliphatic rings. The van der Waals surface area contributed by atoms with Crippen molar-refractivity contribution in [3.63, 3.8) is 0 Å². The van der Waals surface area contributed by atoms with Crippen LogP contribution in [-0.2, 0) is 6.42 Å². The van der Waals surface area contributed by atoms with Crippen LogP contribution >= 0.6 is 11.6 Å². The molecule has 1 nitrogen and oxygen atoms in total. The van der Waals surface area contributed by atoms with Crippen LogP contribution in [0.15, 0.2) is 18.2 Å². The summed E-state index contributed by atoms with van der Waals surface area (Å²) < 4.78 is 14.0. The Labute approximate surface area is 119 Å². The Morgan fingerprint density at radius 3 is 2.63 bits per heavy atom. The summed E-state index contributed by atoms with van der Waals surface area (Å²) in [4.78, 5) is 0. The van der Waals surface area contributed by atoms with Gasteiger partial charge in [-0.2, -0.15) is 0 Å². The van der Waals surface area contributed by atoms with Crippen molar-refractivity contribution in [2.45, 2.75) is 51.0 Å². The zero-order chi connectivity index (χ0) is 13.3. The largest absolute Gasteiger partial charge is 0.313 e. The van der Waals surface area contributed by atoms with Gasteiger partial charge in [-0.15, -0.1) is 0 Å². The van der Waals surface area contributed by atoms with Crippen LogP contribution in [0.25, 0.3) is 0 Å². The molecule has 1 aromatic carbocycles. The molecular formula is C16H21ClFN. The summed E-state index contributed by atoms with van der Waals surface area (Å²) in [6.45, 7) is 1.04. The van der Waals surface area contributed by atoms with Gasteiger partial charge in [0.1, 0.15) is 5.82 Å². The van der Waals surface area contributed by atoms with E-state index in [9.17, 15) is 4.39 Å². The van der Waals surface area contributed by atoms with Crippen LogP contribution < -0.4 is 5.32 Å². The summed E-state index contributed by atoms with van der Waals surface area (Å²) in [5.41, 5.74) is 1.08. The van der Waals surface area contributed by atoms with Crippen molar-refractivity contribution in [2.24, 2.45) is 5.41 Å². The van der Waals surface area contributed by atoms with Gasteiger partial charge < -0.3 is 5.32 Å². The van der Waals surface area contributed by atoms with Crippen LogP contribution in [-0.4, -0.2) is 12.6 Å². The molecule has 0 aromatic heterocycles. The Hall–Kier alpha value is -0.600. The van der Waals surface area contributed by atoms with E-state index in [4.69, 9.17) is 11.6 Å². The van der Waals surface area contributed by atoms with Crippen LogP contribution in [0, 0.1) is 11.2 Å². The maximum absolute atomic E-state index is 14.0. The SMILES string of the molecule is Fc1cc(Cl)ccc1CC1(CNC2CC2)CCCC1. The Morgan fingerprint density at radius 1 is 1.26 bits per heavy atom. The maximum atomic E-state index is 14.0. The van der Waals surface area contributed by atoms with Crippen molar-refractivity contribution in [1.29, 1.82) is 0 Å². The van der Waals surface area contributed by atoms with Crippen molar-refractivity contribution in [3.8, 4) is 0 Å². The zero-order valence-electron chi connectivity index (χ0n) is 11.2. The summed E-state index contributed by atoms with van der Waals surface area (Å²) in [6, 6.07) is 5.83. The van der Waals surface area contributed by atoms with Crippen LogP contribution in [0.5, 0.6) is 0 Å². The molecule has 0 radical (unpaired) electrons. The lowest BCUT2D eigenvalue weighted by Crippen LogP contribution is -2.35. The topological polar surface area (TPSA) is 12.0 Å². The van der Waals surface area contributed by atoms with Gasteiger partial charge in [0.05, 0.1) is 0 Å². The zero-order valence-corrected chi connectivity index (χ0v) is 12.0. The average Bonchev–Trinajstić information content (AvgIpc) is 3.11. The van der Waals surface area contributed by atoms with Gasteiger partial charge in [-0.05, 0) is 55.2 Å². The fourth-order valence-corrected chi connectivity index (χ4v) is 3.42. The van der Waals surface area contributed by atoms with E-state index in [2.05, 4.69) is 5.32 Å². The molecule has 104 valence electrons. The third-order valence-electron chi connectivity index (χ3n) is 4.59. The number of hydrogen-bond acceptors (Lipinski definition) is 1. The summed E-state index contributed by atoms with van der Waals surface area (Å²) in [7, 11) is 0. The van der Waals surface area contributed by atoms with Crippen molar-refractivity contribution < 1.29 is 4.39 Å². The fraction of sp³-hybridized carbons (Fsp3) is 0.625. The monoisotopic (exact) mass is 281 g/mol. The molecule has 0 heterocycles. The molecule has 0 amide bonds. The highest BCUT2D eigenvalue weighted by Crippen LogP contribution is 2.41. The van der Waals surface area contributed by atoms with Gasteiger partial charge in [0, 0.05) is 17.6 Å². The van der Waals surface area contributed by atoms with E-state index < -0.39 is 0 Å². The van der Waals surface area contributed by atoms with Gasteiger partial charge in [-0.3, -0.25) is 0 Å². The van der Waals surface area contributed by atoms with E-state index in [1.54, 1.807) is 6.07 Å². The first kappa shape index (κ1) is 13.4. The third kappa shape index (κ3) is 3.29. The van der Waals surface area contributed by atoms with E-state index in [0.29, 0.717) is 5.02 Å². The lowest BCUT2D eigenvalue weighted by Gasteiger charge is -2.30. The molecule has 3 rings (SSSR count). The average molecular weight is 282 g/mol. The van der Waals surface area contributed by atoms with Crippen molar-refractivity contribution in [2.75, 3.05) is 6.54 Å². The van der Waals surface area contributed by atoms with E-state index >= 15 is 0 Å². The van der Waals surface area contributed by atoms with E-state index in [-0.39, 0.29) is 11.2 Å². The molecule has 0 aliphatic heterocycles. The van der Waals surface area contributed by atoms with E-state index in [0.717, 1.165) is 24.6 Å². The molecule has 2 fully saturated rings. The first-order chi connectivity index (χ1) is 9.17. The molecule has 0 bridgehead atoms. The van der Waals surface area contributed by atoms with Crippen LogP contribution in [0.3, 0.4) is 0 Å². The molecule has 0 saturated heterocycles. The predicted octanol–water partition coefficient (Wildman–Crippen LogP) is 4.33. The van der Waals surface area contributed by atoms with Crippen LogP contribution in [0.4, 0.5) is 4.39 Å². The third-order valence-corrected chi connectivity index (χ3v) is 4.82. The minimum Gasteiger partial charge on any atom is -0.313 e. The van der Waals surface area contributed by atoms with Gasteiger partial charge >= 0.3 is 0 Å². The Balaban J connectivity index is 1.72. The molecule has 0 spiro atoms. The fourth-order valence-electron chi connectivity index (χ4n) is 3.26. The van der Waals surface area contributed by atoms with E-state index in [1.807, 2.05) is 6.07 Å². The van der Waals surface area contributed by atoms with Crippen LogP contribution in [0.2, 0.25) is 5.02 Å². The van der Waals surface area contributed by atoms with Gasteiger partial charge in [0.25, 0.3) is 0 Å². The standard InChI is InChI=1S/C16H21ClFN/c17-13-4-3-12(15(18)9-13)10-16(7-1-2-8-16)11-19-14-5-6-14/h3-4,9,14,19H,1-2,5-8,10-11H2. The normalized spacial score (nSPS) is 21.8. The molecule has 0 unspecified atom stereocenters. The quantitative estimate of drug-likeness (QED) is 0.847. The minimum absolute atomic E-state index is 0.148. The highest BCUT2D eigenvalue weighted by Gasteiger charge is 2.36. The molecule has 2 saturated carbocycles. The van der Waals surface area contributed by atoms with Gasteiger partial charge in [-0.1, -0.05) is 30.5 Å². The summed E-state index contributed by atoms with van der Waals surface area (Å²) in [5, 5.41) is 4.13.